The highest BCUT2D eigenvalue weighted by Crippen LogP contribution is 2.13. The molecular weight excluding hydrogens is 251 g/mol. The van der Waals surface area contributed by atoms with E-state index in [1.165, 1.54) is 30.5 Å². The second-order valence-corrected chi connectivity index (χ2v) is 3.69. The van der Waals surface area contributed by atoms with Crippen molar-refractivity contribution in [2.24, 2.45) is 0 Å². The molecule has 0 bridgehead atoms. The highest BCUT2D eigenvalue weighted by Gasteiger charge is 2.16. The monoisotopic (exact) mass is 260 g/mol. The first-order valence-electron chi connectivity index (χ1n) is 5.32. The van der Waals surface area contributed by atoms with Gasteiger partial charge in [-0.15, -0.1) is 0 Å². The topological polar surface area (TPSA) is 79.3 Å². The lowest BCUT2D eigenvalue weighted by molar-refractivity contribution is 0.0692. The summed E-state index contributed by atoms with van der Waals surface area (Å²) in [6, 6.07) is 6.61. The molecule has 2 aromatic rings. The molecule has 0 saturated heterocycles. The van der Waals surface area contributed by atoms with Gasteiger partial charge in [-0.2, -0.15) is 0 Å². The van der Waals surface area contributed by atoms with Gasteiger partial charge in [-0.3, -0.25) is 9.78 Å². The number of anilines is 1. The number of nitrogens with zero attached hydrogens (tertiary/aromatic N) is 1. The molecule has 2 N–H and O–H groups in total. The number of carboxylic acids is 1. The average Bonchev–Trinajstić information content (AvgIpc) is 2.38. The van der Waals surface area contributed by atoms with Gasteiger partial charge in [-0.25, -0.2) is 9.18 Å². The number of carbonyl (C=O) groups is 2. The van der Waals surface area contributed by atoms with E-state index in [1.807, 2.05) is 0 Å². The Labute approximate surface area is 107 Å². The van der Waals surface area contributed by atoms with Crippen molar-refractivity contribution in [2.75, 3.05) is 5.32 Å². The van der Waals surface area contributed by atoms with E-state index in [4.69, 9.17) is 5.11 Å². The van der Waals surface area contributed by atoms with Crippen LogP contribution >= 0.6 is 0 Å². The van der Waals surface area contributed by atoms with Crippen molar-refractivity contribution in [1.82, 2.24) is 4.98 Å². The van der Waals surface area contributed by atoms with Crippen LogP contribution in [0.5, 0.6) is 0 Å². The van der Waals surface area contributed by atoms with Crippen molar-refractivity contribution in [3.63, 3.8) is 0 Å². The van der Waals surface area contributed by atoms with Crippen LogP contribution in [-0.4, -0.2) is 22.0 Å². The third-order valence-electron chi connectivity index (χ3n) is 2.38. The van der Waals surface area contributed by atoms with E-state index in [0.717, 1.165) is 12.3 Å². The first kappa shape index (κ1) is 12.7. The molecule has 2 rings (SSSR count). The fourth-order valence-corrected chi connectivity index (χ4v) is 1.53. The summed E-state index contributed by atoms with van der Waals surface area (Å²) in [5.41, 5.74) is 0.00122. The van der Waals surface area contributed by atoms with E-state index in [0.29, 0.717) is 0 Å². The van der Waals surface area contributed by atoms with Crippen molar-refractivity contribution < 1.29 is 19.1 Å². The normalized spacial score (nSPS) is 9.95. The number of aromatic nitrogens is 1. The molecule has 0 radical (unpaired) electrons. The number of halogens is 1. The number of carboxylic acid groups (broad SMARTS) is 1. The van der Waals surface area contributed by atoms with E-state index < -0.39 is 17.7 Å². The lowest BCUT2D eigenvalue weighted by Crippen LogP contribution is -2.16. The zero-order chi connectivity index (χ0) is 13.8. The molecule has 0 atom stereocenters. The maximum Gasteiger partial charge on any atom is 0.338 e. The summed E-state index contributed by atoms with van der Waals surface area (Å²) in [5.74, 6) is -2.38. The molecule has 1 heterocycles. The summed E-state index contributed by atoms with van der Waals surface area (Å²) in [5, 5.41) is 11.4. The summed E-state index contributed by atoms with van der Waals surface area (Å²) in [6.45, 7) is 0. The number of carbonyl (C=O) groups excluding carboxylic acids is 1. The van der Waals surface area contributed by atoms with Crippen molar-refractivity contribution in [3.8, 4) is 0 Å². The maximum atomic E-state index is 13.0. The molecule has 19 heavy (non-hydrogen) atoms. The Balaban J connectivity index is 2.28. The first-order chi connectivity index (χ1) is 9.08. The minimum absolute atomic E-state index is 0.0354. The first-order valence-corrected chi connectivity index (χ1v) is 5.32. The second kappa shape index (κ2) is 5.26. The Bertz CT molecular complexity index is 643. The molecule has 96 valence electrons. The highest BCUT2D eigenvalue weighted by atomic mass is 19.1. The molecule has 6 heteroatoms. The Kier molecular flexibility index (Phi) is 3.51. The molecule has 0 aliphatic heterocycles. The predicted octanol–water partition coefficient (Wildman–Crippen LogP) is 2.17. The molecule has 1 amide bonds. The van der Waals surface area contributed by atoms with Gasteiger partial charge in [-0.05, 0) is 24.3 Å². The zero-order valence-corrected chi connectivity index (χ0v) is 9.63. The van der Waals surface area contributed by atoms with Crippen LogP contribution in [0.25, 0.3) is 0 Å². The summed E-state index contributed by atoms with van der Waals surface area (Å²) in [7, 11) is 0. The molecule has 0 aliphatic rings. The van der Waals surface area contributed by atoms with Gasteiger partial charge >= 0.3 is 5.97 Å². The number of benzene rings is 1. The Hall–Kier alpha value is -2.76. The van der Waals surface area contributed by atoms with Crippen molar-refractivity contribution in [2.45, 2.75) is 0 Å². The van der Waals surface area contributed by atoms with E-state index in [-0.39, 0.29) is 16.8 Å². The molecular formula is C13H9FN2O3. The summed E-state index contributed by atoms with van der Waals surface area (Å²) >= 11 is 0. The van der Waals surface area contributed by atoms with Crippen LogP contribution < -0.4 is 5.32 Å². The summed E-state index contributed by atoms with van der Waals surface area (Å²) in [6.07, 6.45) is 2.40. The lowest BCUT2D eigenvalue weighted by atomic mass is 10.1. The van der Waals surface area contributed by atoms with Gasteiger partial charge in [0.1, 0.15) is 5.82 Å². The Morgan fingerprint density at radius 1 is 1.21 bits per heavy atom. The SMILES string of the molecule is O=C(O)c1cnccc1C(=O)Nc1cccc(F)c1. The summed E-state index contributed by atoms with van der Waals surface area (Å²) in [4.78, 5) is 26.5. The van der Waals surface area contributed by atoms with Crippen LogP contribution in [0, 0.1) is 5.82 Å². The van der Waals surface area contributed by atoms with Gasteiger partial charge in [-0.1, -0.05) is 6.07 Å². The quantitative estimate of drug-likeness (QED) is 0.886. The van der Waals surface area contributed by atoms with Crippen LogP contribution in [0.2, 0.25) is 0 Å². The van der Waals surface area contributed by atoms with E-state index in [2.05, 4.69) is 10.3 Å². The minimum atomic E-state index is -1.25. The molecule has 0 spiro atoms. The van der Waals surface area contributed by atoms with Gasteiger partial charge in [0.25, 0.3) is 5.91 Å². The standard InChI is InChI=1S/C13H9FN2O3/c14-8-2-1-3-9(6-8)16-12(17)10-4-5-15-7-11(10)13(18)19/h1-7H,(H,16,17)(H,18,19). The predicted molar refractivity (Wildman–Crippen MR) is 65.5 cm³/mol. The molecule has 5 nitrogen and oxygen atoms in total. The van der Waals surface area contributed by atoms with E-state index in [1.54, 1.807) is 0 Å². The third kappa shape index (κ3) is 2.92. The highest BCUT2D eigenvalue weighted by molar-refractivity contribution is 6.10. The van der Waals surface area contributed by atoms with Crippen LogP contribution in [-0.2, 0) is 0 Å². The Morgan fingerprint density at radius 2 is 2.00 bits per heavy atom. The van der Waals surface area contributed by atoms with E-state index in [9.17, 15) is 14.0 Å². The van der Waals surface area contributed by atoms with Crippen LogP contribution in [0.4, 0.5) is 10.1 Å². The molecule has 0 unspecified atom stereocenters. The average molecular weight is 260 g/mol. The number of aromatic carboxylic acids is 1. The summed E-state index contributed by atoms with van der Waals surface area (Å²) < 4.78 is 13.0. The van der Waals surface area contributed by atoms with Gasteiger partial charge in [0.15, 0.2) is 0 Å². The van der Waals surface area contributed by atoms with Crippen molar-refractivity contribution in [1.29, 1.82) is 0 Å². The lowest BCUT2D eigenvalue weighted by Gasteiger charge is -2.07. The molecule has 0 fully saturated rings. The van der Waals surface area contributed by atoms with Crippen LogP contribution in [0.15, 0.2) is 42.7 Å². The maximum absolute atomic E-state index is 13.0. The number of hydrogen-bond donors (Lipinski definition) is 2. The minimum Gasteiger partial charge on any atom is -0.478 e. The zero-order valence-electron chi connectivity index (χ0n) is 9.63. The van der Waals surface area contributed by atoms with Crippen LogP contribution in [0.1, 0.15) is 20.7 Å². The second-order valence-electron chi connectivity index (χ2n) is 3.69. The fourth-order valence-electron chi connectivity index (χ4n) is 1.53. The number of amides is 1. The van der Waals surface area contributed by atoms with Crippen molar-refractivity contribution >= 4 is 17.6 Å². The third-order valence-corrected chi connectivity index (χ3v) is 2.38. The molecule has 0 aliphatic carbocycles. The van der Waals surface area contributed by atoms with Gasteiger partial charge in [0, 0.05) is 18.1 Å². The van der Waals surface area contributed by atoms with E-state index >= 15 is 0 Å². The number of pyridine rings is 1. The number of rotatable bonds is 3. The van der Waals surface area contributed by atoms with Gasteiger partial charge < -0.3 is 10.4 Å². The Morgan fingerprint density at radius 3 is 2.68 bits per heavy atom. The molecule has 1 aromatic carbocycles. The molecule has 0 saturated carbocycles. The van der Waals surface area contributed by atoms with Gasteiger partial charge in [0.05, 0.1) is 11.1 Å². The molecule has 1 aromatic heterocycles. The van der Waals surface area contributed by atoms with Crippen LogP contribution in [0.3, 0.4) is 0 Å². The number of hydrogen-bond acceptors (Lipinski definition) is 3. The van der Waals surface area contributed by atoms with Crippen molar-refractivity contribution in [3.05, 3.63) is 59.7 Å². The number of nitrogens with one attached hydrogen (secondary N) is 1. The largest absolute Gasteiger partial charge is 0.478 e. The smallest absolute Gasteiger partial charge is 0.338 e. The van der Waals surface area contributed by atoms with Gasteiger partial charge in [0.2, 0.25) is 0 Å². The fraction of sp³-hybridized carbons (Fsp3) is 0.